The standard InChI is InChI=1S/C19H30NO6P/c1-5-6-12-17(18(21)24-3)14-27(23,25-4)15(2)20-19(22)26-13-16-10-8-7-9-11-16/h7-11,15,17H,5-6,12-14H2,1-4H3,(H,20,22). The molecule has 0 heterocycles. The average Bonchev–Trinajstić information content (AvgIpc) is 2.69. The molecule has 3 atom stereocenters. The van der Waals surface area contributed by atoms with Crippen LogP contribution in [-0.2, 0) is 30.0 Å². The molecule has 1 N–H and O–H groups in total. The summed E-state index contributed by atoms with van der Waals surface area (Å²) in [7, 11) is -0.688. The molecule has 7 nitrogen and oxygen atoms in total. The molecular formula is C19H30NO6P. The van der Waals surface area contributed by atoms with Crippen LogP contribution in [0.2, 0.25) is 0 Å². The van der Waals surface area contributed by atoms with Crippen molar-refractivity contribution in [3.05, 3.63) is 35.9 Å². The molecule has 0 fully saturated rings. The molecule has 27 heavy (non-hydrogen) atoms. The van der Waals surface area contributed by atoms with Gasteiger partial charge < -0.3 is 19.3 Å². The average molecular weight is 399 g/mol. The largest absolute Gasteiger partial charge is 0.469 e. The van der Waals surface area contributed by atoms with Crippen LogP contribution in [0.5, 0.6) is 0 Å². The number of alkyl carbamates (subject to hydrolysis) is 1. The number of hydrogen-bond donors (Lipinski definition) is 1. The van der Waals surface area contributed by atoms with Gasteiger partial charge in [-0.05, 0) is 18.9 Å². The maximum Gasteiger partial charge on any atom is 0.408 e. The van der Waals surface area contributed by atoms with Crippen LogP contribution in [0.1, 0.15) is 38.7 Å². The van der Waals surface area contributed by atoms with Crippen molar-refractivity contribution in [2.24, 2.45) is 5.92 Å². The number of methoxy groups -OCH3 is 1. The van der Waals surface area contributed by atoms with Crippen LogP contribution in [0, 0.1) is 5.92 Å². The molecular weight excluding hydrogens is 369 g/mol. The zero-order valence-corrected chi connectivity index (χ0v) is 17.4. The van der Waals surface area contributed by atoms with Crippen LogP contribution in [0.15, 0.2) is 30.3 Å². The van der Waals surface area contributed by atoms with Gasteiger partial charge in [0, 0.05) is 13.3 Å². The lowest BCUT2D eigenvalue weighted by molar-refractivity contribution is -0.145. The second-order valence-corrected chi connectivity index (χ2v) is 9.29. The van der Waals surface area contributed by atoms with E-state index in [0.717, 1.165) is 18.4 Å². The Morgan fingerprint density at radius 2 is 1.85 bits per heavy atom. The lowest BCUT2D eigenvalue weighted by Crippen LogP contribution is -2.35. The molecule has 0 saturated carbocycles. The molecule has 0 spiro atoms. The molecule has 3 unspecified atom stereocenters. The molecule has 0 aliphatic rings. The third kappa shape index (κ3) is 7.73. The summed E-state index contributed by atoms with van der Waals surface area (Å²) in [5.41, 5.74) is 0.848. The molecule has 0 aliphatic carbocycles. The lowest BCUT2D eigenvalue weighted by atomic mass is 10.0. The van der Waals surface area contributed by atoms with Crippen molar-refractivity contribution >= 4 is 19.4 Å². The highest BCUT2D eigenvalue weighted by molar-refractivity contribution is 7.59. The fraction of sp³-hybridized carbons (Fsp3) is 0.579. The van der Waals surface area contributed by atoms with Crippen LogP contribution in [0.3, 0.4) is 0 Å². The fourth-order valence-corrected chi connectivity index (χ4v) is 4.66. The minimum Gasteiger partial charge on any atom is -0.469 e. The first-order chi connectivity index (χ1) is 12.9. The Labute approximate surface area is 161 Å². The first kappa shape index (κ1) is 23.2. The van der Waals surface area contributed by atoms with Crippen molar-refractivity contribution in [2.75, 3.05) is 20.4 Å². The summed E-state index contributed by atoms with van der Waals surface area (Å²) in [5, 5.41) is 2.56. The molecule has 1 rings (SSSR count). The summed E-state index contributed by atoms with van der Waals surface area (Å²) in [6.45, 7) is 3.71. The minimum absolute atomic E-state index is 0.0102. The van der Waals surface area contributed by atoms with Crippen molar-refractivity contribution in [1.29, 1.82) is 0 Å². The van der Waals surface area contributed by atoms with Gasteiger partial charge in [0.1, 0.15) is 12.4 Å². The molecule has 8 heteroatoms. The highest BCUT2D eigenvalue weighted by atomic mass is 31.2. The van der Waals surface area contributed by atoms with Crippen LogP contribution in [0.25, 0.3) is 0 Å². The Hall–Kier alpha value is -1.85. The second-order valence-electron chi connectivity index (χ2n) is 6.34. The number of hydrogen-bond acceptors (Lipinski definition) is 6. The Balaban J connectivity index is 2.68. The van der Waals surface area contributed by atoms with Gasteiger partial charge in [-0.2, -0.15) is 0 Å². The molecule has 1 aromatic carbocycles. The second kappa shape index (κ2) is 11.8. The van der Waals surface area contributed by atoms with Crippen molar-refractivity contribution in [3.63, 3.8) is 0 Å². The third-order valence-corrected chi connectivity index (χ3v) is 7.23. The molecule has 1 aromatic rings. The van der Waals surface area contributed by atoms with E-state index in [-0.39, 0.29) is 12.8 Å². The van der Waals surface area contributed by atoms with E-state index >= 15 is 0 Å². The number of unbranched alkanes of at least 4 members (excludes halogenated alkanes) is 1. The monoisotopic (exact) mass is 399 g/mol. The van der Waals surface area contributed by atoms with E-state index in [2.05, 4.69) is 5.32 Å². The van der Waals surface area contributed by atoms with E-state index in [1.54, 1.807) is 6.92 Å². The van der Waals surface area contributed by atoms with Gasteiger partial charge in [-0.3, -0.25) is 9.36 Å². The van der Waals surface area contributed by atoms with E-state index in [4.69, 9.17) is 14.0 Å². The van der Waals surface area contributed by atoms with Crippen LogP contribution in [0.4, 0.5) is 4.79 Å². The van der Waals surface area contributed by atoms with Crippen molar-refractivity contribution in [3.8, 4) is 0 Å². The number of nitrogens with one attached hydrogen (secondary N) is 1. The normalized spacial score (nSPS) is 15.3. The summed E-state index contributed by atoms with van der Waals surface area (Å²) >= 11 is 0. The van der Waals surface area contributed by atoms with Gasteiger partial charge in [-0.1, -0.05) is 50.1 Å². The Morgan fingerprint density at radius 1 is 1.19 bits per heavy atom. The fourth-order valence-electron chi connectivity index (χ4n) is 2.63. The molecule has 0 bridgehead atoms. The first-order valence-electron chi connectivity index (χ1n) is 9.05. The van der Waals surface area contributed by atoms with E-state index in [1.807, 2.05) is 37.3 Å². The number of rotatable bonds is 11. The number of esters is 1. The van der Waals surface area contributed by atoms with Gasteiger partial charge in [0.2, 0.25) is 7.37 Å². The Bertz CT molecular complexity index is 636. The van der Waals surface area contributed by atoms with Gasteiger partial charge in [0.15, 0.2) is 0 Å². The number of ether oxygens (including phenoxy) is 2. The summed E-state index contributed by atoms with van der Waals surface area (Å²) in [6.07, 6.45) is 1.60. The van der Waals surface area contributed by atoms with Crippen LogP contribution < -0.4 is 5.32 Å². The zero-order valence-electron chi connectivity index (χ0n) is 16.5. The zero-order chi connectivity index (χ0) is 20.3. The minimum atomic E-state index is -3.32. The molecule has 0 aromatic heterocycles. The van der Waals surface area contributed by atoms with Gasteiger partial charge >= 0.3 is 12.1 Å². The van der Waals surface area contributed by atoms with Crippen LogP contribution in [-0.4, -0.2) is 38.2 Å². The van der Waals surface area contributed by atoms with Crippen molar-refractivity contribution < 1.29 is 28.2 Å². The quantitative estimate of drug-likeness (QED) is 0.444. The molecule has 0 aliphatic heterocycles. The van der Waals surface area contributed by atoms with E-state index in [1.165, 1.54) is 14.2 Å². The van der Waals surface area contributed by atoms with Crippen molar-refractivity contribution in [2.45, 2.75) is 45.5 Å². The molecule has 0 radical (unpaired) electrons. The Morgan fingerprint density at radius 3 is 2.41 bits per heavy atom. The maximum absolute atomic E-state index is 13.2. The van der Waals surface area contributed by atoms with Crippen molar-refractivity contribution in [1.82, 2.24) is 5.32 Å². The predicted octanol–water partition coefficient (Wildman–Crippen LogP) is 4.16. The highest BCUT2D eigenvalue weighted by Gasteiger charge is 2.37. The SMILES string of the molecule is CCCCC(CP(=O)(OC)C(C)NC(=O)OCc1ccccc1)C(=O)OC. The Kier molecular flexibility index (Phi) is 10.1. The van der Waals surface area contributed by atoms with Gasteiger partial charge in [0.25, 0.3) is 0 Å². The number of benzene rings is 1. The van der Waals surface area contributed by atoms with Crippen LogP contribution >= 0.6 is 7.37 Å². The molecule has 152 valence electrons. The number of carbonyl (C=O) groups excluding carboxylic acids is 2. The third-order valence-electron chi connectivity index (χ3n) is 4.35. The smallest absolute Gasteiger partial charge is 0.408 e. The number of amides is 1. The van der Waals surface area contributed by atoms with Gasteiger partial charge in [-0.25, -0.2) is 4.79 Å². The first-order valence-corrected chi connectivity index (χ1v) is 10.9. The van der Waals surface area contributed by atoms with E-state index in [9.17, 15) is 14.2 Å². The van der Waals surface area contributed by atoms with E-state index in [0.29, 0.717) is 6.42 Å². The maximum atomic E-state index is 13.2. The summed E-state index contributed by atoms with van der Waals surface area (Å²) < 4.78 is 28.4. The number of carbonyl (C=O) groups is 2. The topological polar surface area (TPSA) is 90.9 Å². The summed E-state index contributed by atoms with van der Waals surface area (Å²) in [6, 6.07) is 9.25. The molecule has 0 saturated heterocycles. The van der Waals surface area contributed by atoms with E-state index < -0.39 is 31.1 Å². The molecule has 1 amide bonds. The predicted molar refractivity (Wildman–Crippen MR) is 104 cm³/mol. The summed E-state index contributed by atoms with van der Waals surface area (Å²) in [4.78, 5) is 24.0. The van der Waals surface area contributed by atoms with Gasteiger partial charge in [-0.15, -0.1) is 0 Å². The highest BCUT2D eigenvalue weighted by Crippen LogP contribution is 2.52. The van der Waals surface area contributed by atoms with Gasteiger partial charge in [0.05, 0.1) is 13.0 Å². The summed E-state index contributed by atoms with van der Waals surface area (Å²) in [5.74, 6) is -1.75. The lowest BCUT2D eigenvalue weighted by Gasteiger charge is -2.26.